The standard InChI is InChI=1S/C17H22O2/c1-3-19-17(18)16-9-8-14-13-6-4-11(2)10-12(13)5-7-15(14)16/h4,6,10,14-16H,3,5,7-9H2,1-2H3/t14-,15?,16+/m0/s1. The summed E-state index contributed by atoms with van der Waals surface area (Å²) < 4.78 is 5.24. The van der Waals surface area contributed by atoms with Crippen LogP contribution in [-0.2, 0) is 16.0 Å². The number of esters is 1. The second-order valence-electron chi connectivity index (χ2n) is 5.95. The van der Waals surface area contributed by atoms with Gasteiger partial charge in [-0.3, -0.25) is 4.79 Å². The van der Waals surface area contributed by atoms with Gasteiger partial charge in [-0.15, -0.1) is 0 Å². The van der Waals surface area contributed by atoms with Gasteiger partial charge in [0.25, 0.3) is 0 Å². The minimum absolute atomic E-state index is 0.0329. The molecular weight excluding hydrogens is 236 g/mol. The van der Waals surface area contributed by atoms with Crippen LogP contribution in [0.5, 0.6) is 0 Å². The third-order valence-corrected chi connectivity index (χ3v) is 4.86. The Bertz CT molecular complexity index is 492. The molecule has 0 aromatic heterocycles. The third kappa shape index (κ3) is 2.18. The molecule has 0 bridgehead atoms. The highest BCUT2D eigenvalue weighted by Crippen LogP contribution is 2.50. The summed E-state index contributed by atoms with van der Waals surface area (Å²) in [6.45, 7) is 4.55. The van der Waals surface area contributed by atoms with Gasteiger partial charge < -0.3 is 4.74 Å². The predicted octanol–water partition coefficient (Wildman–Crippen LogP) is 3.61. The molecule has 3 rings (SSSR count). The van der Waals surface area contributed by atoms with Crippen molar-refractivity contribution in [2.24, 2.45) is 11.8 Å². The molecule has 2 nitrogen and oxygen atoms in total. The summed E-state index contributed by atoms with van der Waals surface area (Å²) in [4.78, 5) is 12.0. The molecule has 102 valence electrons. The van der Waals surface area contributed by atoms with E-state index in [0.29, 0.717) is 18.4 Å². The van der Waals surface area contributed by atoms with E-state index in [1.807, 2.05) is 6.92 Å². The first-order valence-corrected chi connectivity index (χ1v) is 7.46. The normalized spacial score (nSPS) is 28.6. The van der Waals surface area contributed by atoms with E-state index in [2.05, 4.69) is 25.1 Å². The zero-order chi connectivity index (χ0) is 13.4. The zero-order valence-electron chi connectivity index (χ0n) is 11.8. The van der Waals surface area contributed by atoms with E-state index >= 15 is 0 Å². The van der Waals surface area contributed by atoms with Crippen LogP contribution in [0.2, 0.25) is 0 Å². The van der Waals surface area contributed by atoms with E-state index in [-0.39, 0.29) is 11.9 Å². The minimum atomic E-state index is 0.0329. The highest BCUT2D eigenvalue weighted by atomic mass is 16.5. The van der Waals surface area contributed by atoms with Crippen molar-refractivity contribution < 1.29 is 9.53 Å². The lowest BCUT2D eigenvalue weighted by Crippen LogP contribution is -2.27. The fourth-order valence-electron chi connectivity index (χ4n) is 4.03. The van der Waals surface area contributed by atoms with Gasteiger partial charge in [0.05, 0.1) is 12.5 Å². The van der Waals surface area contributed by atoms with Gasteiger partial charge in [-0.25, -0.2) is 0 Å². The molecule has 0 N–H and O–H groups in total. The Hall–Kier alpha value is -1.31. The van der Waals surface area contributed by atoms with Crippen molar-refractivity contribution >= 4 is 5.97 Å². The minimum Gasteiger partial charge on any atom is -0.466 e. The van der Waals surface area contributed by atoms with E-state index in [1.54, 1.807) is 0 Å². The average Bonchev–Trinajstić information content (AvgIpc) is 2.82. The van der Waals surface area contributed by atoms with Gasteiger partial charge in [-0.05, 0) is 62.5 Å². The number of fused-ring (bicyclic) bond motifs is 3. The molecule has 1 aromatic carbocycles. The van der Waals surface area contributed by atoms with Crippen molar-refractivity contribution in [1.29, 1.82) is 0 Å². The van der Waals surface area contributed by atoms with Crippen molar-refractivity contribution in [3.05, 3.63) is 34.9 Å². The molecule has 1 aromatic rings. The summed E-state index contributed by atoms with van der Waals surface area (Å²) in [6, 6.07) is 6.82. The lowest BCUT2D eigenvalue weighted by Gasteiger charge is -2.31. The first kappa shape index (κ1) is 12.7. The molecular formula is C17H22O2. The Morgan fingerprint density at radius 3 is 2.95 bits per heavy atom. The molecule has 0 spiro atoms. The molecule has 1 saturated carbocycles. The molecule has 2 aliphatic carbocycles. The second-order valence-corrected chi connectivity index (χ2v) is 5.95. The van der Waals surface area contributed by atoms with Gasteiger partial charge >= 0.3 is 5.97 Å². The number of benzene rings is 1. The largest absolute Gasteiger partial charge is 0.466 e. The van der Waals surface area contributed by atoms with Crippen molar-refractivity contribution in [2.75, 3.05) is 6.61 Å². The molecule has 0 heterocycles. The first-order valence-electron chi connectivity index (χ1n) is 7.46. The third-order valence-electron chi connectivity index (χ3n) is 4.86. The van der Waals surface area contributed by atoms with E-state index in [9.17, 15) is 4.79 Å². The smallest absolute Gasteiger partial charge is 0.309 e. The van der Waals surface area contributed by atoms with Crippen LogP contribution in [0.4, 0.5) is 0 Å². The van der Waals surface area contributed by atoms with E-state index < -0.39 is 0 Å². The maximum Gasteiger partial charge on any atom is 0.309 e. The van der Waals surface area contributed by atoms with Gasteiger partial charge in [-0.2, -0.15) is 0 Å². The van der Waals surface area contributed by atoms with E-state index in [0.717, 1.165) is 25.7 Å². The lowest BCUT2D eigenvalue weighted by atomic mass is 9.74. The summed E-state index contributed by atoms with van der Waals surface area (Å²) in [7, 11) is 0. The summed E-state index contributed by atoms with van der Waals surface area (Å²) in [5, 5.41) is 0. The molecule has 0 aliphatic heterocycles. The second kappa shape index (κ2) is 4.99. The molecule has 2 aliphatic rings. The maximum absolute atomic E-state index is 12.0. The lowest BCUT2D eigenvalue weighted by molar-refractivity contribution is -0.149. The van der Waals surface area contributed by atoms with Gasteiger partial charge in [-0.1, -0.05) is 23.8 Å². The number of rotatable bonds is 2. The summed E-state index contributed by atoms with van der Waals surface area (Å²) in [5.74, 6) is 1.26. The quantitative estimate of drug-likeness (QED) is 0.757. The molecule has 2 heteroatoms. The van der Waals surface area contributed by atoms with Gasteiger partial charge in [0.2, 0.25) is 0 Å². The molecule has 1 fully saturated rings. The summed E-state index contributed by atoms with van der Waals surface area (Å²) >= 11 is 0. The number of ether oxygens (including phenoxy) is 1. The van der Waals surface area contributed by atoms with E-state index in [4.69, 9.17) is 4.74 Å². The fraction of sp³-hybridized carbons (Fsp3) is 0.588. The number of aryl methyl sites for hydroxylation is 2. The molecule has 1 unspecified atom stereocenters. The first-order chi connectivity index (χ1) is 9.20. The molecule has 19 heavy (non-hydrogen) atoms. The summed E-state index contributed by atoms with van der Waals surface area (Å²) in [6.07, 6.45) is 4.41. The van der Waals surface area contributed by atoms with Crippen LogP contribution in [0, 0.1) is 18.8 Å². The van der Waals surface area contributed by atoms with Gasteiger partial charge in [0, 0.05) is 0 Å². The number of carbonyl (C=O) groups is 1. The van der Waals surface area contributed by atoms with Crippen LogP contribution < -0.4 is 0 Å². The molecule has 0 radical (unpaired) electrons. The van der Waals surface area contributed by atoms with Gasteiger partial charge in [0.1, 0.15) is 0 Å². The van der Waals surface area contributed by atoms with Crippen LogP contribution in [0.25, 0.3) is 0 Å². The Morgan fingerprint density at radius 2 is 2.16 bits per heavy atom. The molecule has 0 amide bonds. The number of hydrogen-bond acceptors (Lipinski definition) is 2. The predicted molar refractivity (Wildman–Crippen MR) is 75.1 cm³/mol. The topological polar surface area (TPSA) is 26.3 Å². The highest BCUT2D eigenvalue weighted by molar-refractivity contribution is 5.73. The van der Waals surface area contributed by atoms with Crippen molar-refractivity contribution in [1.82, 2.24) is 0 Å². The SMILES string of the molecule is CCOC(=O)[C@@H]1CC[C@H]2c3ccc(C)cc3CCC12. The Labute approximate surface area is 115 Å². The van der Waals surface area contributed by atoms with Crippen LogP contribution in [-0.4, -0.2) is 12.6 Å². The Kier molecular flexibility index (Phi) is 3.34. The number of hydrogen-bond donors (Lipinski definition) is 0. The van der Waals surface area contributed by atoms with Crippen molar-refractivity contribution in [3.63, 3.8) is 0 Å². The average molecular weight is 258 g/mol. The van der Waals surface area contributed by atoms with Crippen LogP contribution in [0.15, 0.2) is 18.2 Å². The number of carbonyl (C=O) groups excluding carboxylic acids is 1. The van der Waals surface area contributed by atoms with Crippen LogP contribution in [0.3, 0.4) is 0 Å². The van der Waals surface area contributed by atoms with Crippen LogP contribution >= 0.6 is 0 Å². The van der Waals surface area contributed by atoms with E-state index in [1.165, 1.54) is 16.7 Å². The highest BCUT2D eigenvalue weighted by Gasteiger charge is 2.43. The molecule has 0 saturated heterocycles. The zero-order valence-corrected chi connectivity index (χ0v) is 11.8. The summed E-state index contributed by atoms with van der Waals surface area (Å²) in [5.41, 5.74) is 4.34. The fourth-order valence-corrected chi connectivity index (χ4v) is 4.03. The maximum atomic E-state index is 12.0. The Balaban J connectivity index is 1.85. The van der Waals surface area contributed by atoms with Crippen molar-refractivity contribution in [2.45, 2.75) is 45.4 Å². The van der Waals surface area contributed by atoms with Crippen molar-refractivity contribution in [3.8, 4) is 0 Å². The van der Waals surface area contributed by atoms with Crippen LogP contribution in [0.1, 0.15) is 48.8 Å². The molecule has 3 atom stereocenters. The monoisotopic (exact) mass is 258 g/mol. The van der Waals surface area contributed by atoms with Gasteiger partial charge in [0.15, 0.2) is 0 Å². The Morgan fingerprint density at radius 1 is 1.32 bits per heavy atom.